The number of nitriles is 1. The zero-order valence-corrected chi connectivity index (χ0v) is 11.6. The molecule has 20 heavy (non-hydrogen) atoms. The summed E-state index contributed by atoms with van der Waals surface area (Å²) in [6, 6.07) is 7.08. The van der Waals surface area contributed by atoms with Gasteiger partial charge in [-0.1, -0.05) is 11.6 Å². The van der Waals surface area contributed by atoms with Crippen LogP contribution in [0.2, 0.25) is 5.15 Å². The molecule has 2 aromatic rings. The van der Waals surface area contributed by atoms with Crippen molar-refractivity contribution in [2.24, 2.45) is 0 Å². The molecule has 0 unspecified atom stereocenters. The Hall–Kier alpha value is -2.32. The fourth-order valence-electron chi connectivity index (χ4n) is 1.53. The van der Waals surface area contributed by atoms with E-state index in [1.54, 1.807) is 24.4 Å². The Kier molecular flexibility index (Phi) is 4.75. The minimum Gasteiger partial charge on any atom is -0.490 e. The molecule has 0 atom stereocenters. The quantitative estimate of drug-likeness (QED) is 0.846. The third-order valence-electron chi connectivity index (χ3n) is 2.42. The number of rotatable bonds is 5. The number of halogens is 1. The third-order valence-corrected chi connectivity index (χ3v) is 2.62. The maximum absolute atomic E-state index is 8.88. The first-order valence-corrected chi connectivity index (χ1v) is 6.37. The summed E-state index contributed by atoms with van der Waals surface area (Å²) in [4.78, 5) is 8.02. The predicted octanol–water partition coefficient (Wildman–Crippen LogP) is 2.98. The SMILES string of the molecule is CCOc1cc(C#N)ccc1OCc1cnc(Cl)cn1. The summed E-state index contributed by atoms with van der Waals surface area (Å²) in [7, 11) is 0. The van der Waals surface area contributed by atoms with Crippen LogP contribution in [0.5, 0.6) is 11.5 Å². The number of aromatic nitrogens is 2. The summed E-state index contributed by atoms with van der Waals surface area (Å²) in [5, 5.41) is 9.21. The van der Waals surface area contributed by atoms with Crippen LogP contribution in [-0.4, -0.2) is 16.6 Å². The van der Waals surface area contributed by atoms with Crippen molar-refractivity contribution >= 4 is 11.6 Å². The van der Waals surface area contributed by atoms with E-state index in [0.29, 0.717) is 34.5 Å². The highest BCUT2D eigenvalue weighted by Gasteiger charge is 2.07. The molecule has 0 aliphatic heterocycles. The summed E-state index contributed by atoms with van der Waals surface area (Å²) < 4.78 is 11.1. The van der Waals surface area contributed by atoms with Gasteiger partial charge in [0.2, 0.25) is 0 Å². The number of ether oxygens (including phenoxy) is 2. The van der Waals surface area contributed by atoms with Gasteiger partial charge in [-0.15, -0.1) is 0 Å². The first-order valence-electron chi connectivity index (χ1n) is 5.99. The molecule has 6 heteroatoms. The van der Waals surface area contributed by atoms with Crippen LogP contribution in [0.1, 0.15) is 18.2 Å². The highest BCUT2D eigenvalue weighted by molar-refractivity contribution is 6.29. The summed E-state index contributed by atoms with van der Waals surface area (Å²) in [5.41, 5.74) is 1.17. The van der Waals surface area contributed by atoms with Gasteiger partial charge in [-0.05, 0) is 19.1 Å². The van der Waals surface area contributed by atoms with E-state index >= 15 is 0 Å². The Labute approximate surface area is 121 Å². The molecule has 0 spiro atoms. The number of hydrogen-bond acceptors (Lipinski definition) is 5. The van der Waals surface area contributed by atoms with Gasteiger partial charge in [0.1, 0.15) is 11.8 Å². The van der Waals surface area contributed by atoms with Gasteiger partial charge < -0.3 is 9.47 Å². The molecule has 102 valence electrons. The zero-order valence-electron chi connectivity index (χ0n) is 10.8. The van der Waals surface area contributed by atoms with E-state index in [0.717, 1.165) is 0 Å². The van der Waals surface area contributed by atoms with E-state index in [4.69, 9.17) is 26.3 Å². The van der Waals surface area contributed by atoms with Crippen LogP contribution in [0.25, 0.3) is 0 Å². The number of hydrogen-bond donors (Lipinski definition) is 0. The highest BCUT2D eigenvalue weighted by atomic mass is 35.5. The van der Waals surface area contributed by atoms with E-state index in [1.807, 2.05) is 6.92 Å². The Balaban J connectivity index is 2.12. The van der Waals surface area contributed by atoms with E-state index < -0.39 is 0 Å². The van der Waals surface area contributed by atoms with Crippen LogP contribution < -0.4 is 9.47 Å². The topological polar surface area (TPSA) is 68.0 Å². The molecule has 1 aromatic carbocycles. The molecule has 0 saturated heterocycles. The molecule has 1 aromatic heterocycles. The van der Waals surface area contributed by atoms with E-state index in [1.165, 1.54) is 6.20 Å². The molecule has 0 aliphatic rings. The van der Waals surface area contributed by atoms with E-state index in [-0.39, 0.29) is 6.61 Å². The average molecular weight is 290 g/mol. The van der Waals surface area contributed by atoms with Crippen LogP contribution in [0.15, 0.2) is 30.6 Å². The Bertz CT molecular complexity index is 623. The molecule has 0 fully saturated rings. The van der Waals surface area contributed by atoms with Gasteiger partial charge in [0, 0.05) is 6.07 Å². The highest BCUT2D eigenvalue weighted by Crippen LogP contribution is 2.28. The lowest BCUT2D eigenvalue weighted by atomic mass is 10.2. The normalized spacial score (nSPS) is 9.85. The standard InChI is InChI=1S/C14H12ClN3O2/c1-2-19-13-5-10(6-16)3-4-12(13)20-9-11-7-18-14(15)8-17-11/h3-5,7-8H,2,9H2,1H3. The van der Waals surface area contributed by atoms with Gasteiger partial charge >= 0.3 is 0 Å². The Morgan fingerprint density at radius 3 is 2.70 bits per heavy atom. The van der Waals surface area contributed by atoms with Crippen molar-refractivity contribution in [2.75, 3.05) is 6.61 Å². The molecule has 2 rings (SSSR count). The first kappa shape index (κ1) is 14.1. The molecule has 5 nitrogen and oxygen atoms in total. The van der Waals surface area contributed by atoms with E-state index in [2.05, 4.69) is 16.0 Å². The minimum absolute atomic E-state index is 0.246. The van der Waals surface area contributed by atoms with Crippen molar-refractivity contribution in [1.82, 2.24) is 9.97 Å². The third kappa shape index (κ3) is 3.59. The summed E-state index contributed by atoms with van der Waals surface area (Å²) >= 11 is 5.66. The monoisotopic (exact) mass is 289 g/mol. The molecule has 0 radical (unpaired) electrons. The van der Waals surface area contributed by atoms with Crippen LogP contribution in [0.3, 0.4) is 0 Å². The van der Waals surface area contributed by atoms with Crippen molar-refractivity contribution in [3.8, 4) is 17.6 Å². The first-order chi connectivity index (χ1) is 9.72. The van der Waals surface area contributed by atoms with Gasteiger partial charge in [-0.2, -0.15) is 5.26 Å². The number of benzene rings is 1. The second-order valence-electron chi connectivity index (χ2n) is 3.83. The van der Waals surface area contributed by atoms with Crippen molar-refractivity contribution in [3.63, 3.8) is 0 Å². The van der Waals surface area contributed by atoms with Gasteiger partial charge in [0.15, 0.2) is 11.5 Å². The fourth-order valence-corrected chi connectivity index (χ4v) is 1.63. The molecule has 0 aliphatic carbocycles. The molecular formula is C14H12ClN3O2. The van der Waals surface area contributed by atoms with Crippen molar-refractivity contribution in [3.05, 3.63) is 47.0 Å². The van der Waals surface area contributed by atoms with Crippen LogP contribution >= 0.6 is 11.6 Å². The summed E-state index contributed by atoms with van der Waals surface area (Å²) in [6.45, 7) is 2.61. The van der Waals surface area contributed by atoms with Crippen molar-refractivity contribution in [1.29, 1.82) is 5.26 Å². The summed E-state index contributed by atoms with van der Waals surface area (Å²) in [6.07, 6.45) is 3.01. The smallest absolute Gasteiger partial charge is 0.162 e. The largest absolute Gasteiger partial charge is 0.490 e. The van der Waals surface area contributed by atoms with Crippen LogP contribution in [0, 0.1) is 11.3 Å². The lowest BCUT2D eigenvalue weighted by molar-refractivity contribution is 0.266. The lowest BCUT2D eigenvalue weighted by Crippen LogP contribution is -2.02. The van der Waals surface area contributed by atoms with Gasteiger partial charge in [-0.25, -0.2) is 4.98 Å². The second kappa shape index (κ2) is 6.73. The second-order valence-corrected chi connectivity index (χ2v) is 4.21. The van der Waals surface area contributed by atoms with Gasteiger partial charge in [-0.3, -0.25) is 4.98 Å². The lowest BCUT2D eigenvalue weighted by Gasteiger charge is -2.11. The van der Waals surface area contributed by atoms with E-state index in [9.17, 15) is 0 Å². The predicted molar refractivity (Wildman–Crippen MR) is 73.7 cm³/mol. The Morgan fingerprint density at radius 2 is 2.05 bits per heavy atom. The molecule has 0 amide bonds. The maximum Gasteiger partial charge on any atom is 0.162 e. The zero-order chi connectivity index (χ0) is 14.4. The number of nitrogens with zero attached hydrogens (tertiary/aromatic N) is 3. The molecule has 0 bridgehead atoms. The Morgan fingerprint density at radius 1 is 1.20 bits per heavy atom. The maximum atomic E-state index is 8.88. The van der Waals surface area contributed by atoms with Gasteiger partial charge in [0.25, 0.3) is 0 Å². The van der Waals surface area contributed by atoms with Crippen molar-refractivity contribution in [2.45, 2.75) is 13.5 Å². The fraction of sp³-hybridized carbons (Fsp3) is 0.214. The van der Waals surface area contributed by atoms with Crippen LogP contribution in [0.4, 0.5) is 0 Å². The van der Waals surface area contributed by atoms with Crippen molar-refractivity contribution < 1.29 is 9.47 Å². The molecule has 1 heterocycles. The minimum atomic E-state index is 0.246. The average Bonchev–Trinajstić information content (AvgIpc) is 2.48. The molecular weight excluding hydrogens is 278 g/mol. The van der Waals surface area contributed by atoms with Crippen LogP contribution in [-0.2, 0) is 6.61 Å². The molecule has 0 N–H and O–H groups in total. The summed E-state index contributed by atoms with van der Waals surface area (Å²) in [5.74, 6) is 1.09. The van der Waals surface area contributed by atoms with Gasteiger partial charge in [0.05, 0.1) is 36.3 Å². The molecule has 0 saturated carbocycles.